The van der Waals surface area contributed by atoms with Gasteiger partial charge >= 0.3 is 0 Å². The standard InChI is InChI=1S/C16H26N4O/c1-12-11-18-16(19-14-4-2-13(17)3-5-14)10-15(12)20-6-8-21-9-7-20/h10-11,13-14H,2-9,17H2,1H3,(H,18,19). The summed E-state index contributed by atoms with van der Waals surface area (Å²) in [6.07, 6.45) is 6.48. The van der Waals surface area contributed by atoms with E-state index >= 15 is 0 Å². The average molecular weight is 290 g/mol. The largest absolute Gasteiger partial charge is 0.378 e. The summed E-state index contributed by atoms with van der Waals surface area (Å²) < 4.78 is 5.44. The van der Waals surface area contributed by atoms with E-state index in [1.54, 1.807) is 0 Å². The minimum Gasteiger partial charge on any atom is -0.378 e. The Balaban J connectivity index is 1.68. The normalized spacial score (nSPS) is 26.7. The third-order valence-electron chi connectivity index (χ3n) is 4.55. The second-order valence-electron chi connectivity index (χ2n) is 6.21. The van der Waals surface area contributed by atoms with E-state index in [1.165, 1.54) is 11.3 Å². The van der Waals surface area contributed by atoms with Crippen molar-refractivity contribution < 1.29 is 4.74 Å². The highest BCUT2D eigenvalue weighted by molar-refractivity contribution is 5.59. The quantitative estimate of drug-likeness (QED) is 0.890. The summed E-state index contributed by atoms with van der Waals surface area (Å²) in [5.74, 6) is 0.988. The number of anilines is 2. The molecule has 1 aliphatic heterocycles. The van der Waals surface area contributed by atoms with Gasteiger partial charge in [0.15, 0.2) is 0 Å². The number of pyridine rings is 1. The van der Waals surface area contributed by atoms with Gasteiger partial charge in [-0.15, -0.1) is 0 Å². The molecule has 2 fully saturated rings. The Kier molecular flexibility index (Phi) is 4.60. The van der Waals surface area contributed by atoms with Crippen LogP contribution in [0, 0.1) is 6.92 Å². The molecular weight excluding hydrogens is 264 g/mol. The maximum atomic E-state index is 5.97. The lowest BCUT2D eigenvalue weighted by Crippen LogP contribution is -2.37. The molecule has 0 radical (unpaired) electrons. The van der Waals surface area contributed by atoms with Crippen molar-refractivity contribution in [3.63, 3.8) is 0 Å². The molecule has 5 nitrogen and oxygen atoms in total. The van der Waals surface area contributed by atoms with Gasteiger partial charge in [0.2, 0.25) is 0 Å². The molecule has 1 aromatic rings. The van der Waals surface area contributed by atoms with Gasteiger partial charge in [0.05, 0.1) is 13.2 Å². The van der Waals surface area contributed by atoms with Crippen LogP contribution in [-0.2, 0) is 4.74 Å². The van der Waals surface area contributed by atoms with Crippen LogP contribution in [0.5, 0.6) is 0 Å². The van der Waals surface area contributed by atoms with Gasteiger partial charge in [-0.2, -0.15) is 0 Å². The fourth-order valence-electron chi connectivity index (χ4n) is 3.21. The number of hydrogen-bond donors (Lipinski definition) is 2. The van der Waals surface area contributed by atoms with E-state index in [-0.39, 0.29) is 0 Å². The zero-order chi connectivity index (χ0) is 14.7. The number of morpholine rings is 1. The zero-order valence-corrected chi connectivity index (χ0v) is 12.8. The number of hydrogen-bond acceptors (Lipinski definition) is 5. The molecule has 1 aromatic heterocycles. The first-order chi connectivity index (χ1) is 10.2. The second-order valence-corrected chi connectivity index (χ2v) is 6.21. The van der Waals surface area contributed by atoms with E-state index in [0.29, 0.717) is 12.1 Å². The van der Waals surface area contributed by atoms with Gasteiger partial charge in [0.1, 0.15) is 5.82 Å². The first-order valence-corrected chi connectivity index (χ1v) is 8.04. The van der Waals surface area contributed by atoms with Gasteiger partial charge in [0, 0.05) is 43.1 Å². The fraction of sp³-hybridized carbons (Fsp3) is 0.688. The number of nitrogens with one attached hydrogen (secondary N) is 1. The minimum absolute atomic E-state index is 0.387. The lowest BCUT2D eigenvalue weighted by Gasteiger charge is -2.31. The second kappa shape index (κ2) is 6.62. The molecule has 1 aliphatic carbocycles. The molecule has 0 spiro atoms. The van der Waals surface area contributed by atoms with Crippen molar-refractivity contribution in [2.45, 2.75) is 44.7 Å². The average Bonchev–Trinajstić information content (AvgIpc) is 2.52. The maximum absolute atomic E-state index is 5.97. The first kappa shape index (κ1) is 14.6. The van der Waals surface area contributed by atoms with Crippen molar-refractivity contribution in [3.05, 3.63) is 17.8 Å². The third kappa shape index (κ3) is 3.66. The molecule has 0 atom stereocenters. The Bertz CT molecular complexity index is 465. The molecule has 0 amide bonds. The van der Waals surface area contributed by atoms with Gasteiger partial charge in [-0.05, 0) is 38.2 Å². The highest BCUT2D eigenvalue weighted by atomic mass is 16.5. The van der Waals surface area contributed by atoms with Crippen LogP contribution >= 0.6 is 0 Å². The summed E-state index contributed by atoms with van der Waals surface area (Å²) >= 11 is 0. The Morgan fingerprint density at radius 1 is 1.24 bits per heavy atom. The van der Waals surface area contributed by atoms with Crippen LogP contribution in [0.1, 0.15) is 31.2 Å². The topological polar surface area (TPSA) is 63.4 Å². The van der Waals surface area contributed by atoms with Crippen LogP contribution in [0.2, 0.25) is 0 Å². The van der Waals surface area contributed by atoms with Crippen molar-refractivity contribution in [1.82, 2.24) is 4.98 Å². The molecule has 0 bridgehead atoms. The zero-order valence-electron chi connectivity index (χ0n) is 12.8. The predicted molar refractivity (Wildman–Crippen MR) is 85.9 cm³/mol. The molecule has 1 saturated heterocycles. The summed E-state index contributed by atoms with van der Waals surface area (Å²) in [5, 5.41) is 3.58. The van der Waals surface area contributed by atoms with E-state index < -0.39 is 0 Å². The van der Waals surface area contributed by atoms with Crippen LogP contribution in [0.3, 0.4) is 0 Å². The lowest BCUT2D eigenvalue weighted by molar-refractivity contribution is 0.122. The van der Waals surface area contributed by atoms with Gasteiger partial charge in [-0.1, -0.05) is 0 Å². The molecule has 3 rings (SSSR count). The summed E-state index contributed by atoms with van der Waals surface area (Å²) in [7, 11) is 0. The van der Waals surface area contributed by atoms with Crippen LogP contribution in [0.4, 0.5) is 11.5 Å². The fourth-order valence-corrected chi connectivity index (χ4v) is 3.21. The maximum Gasteiger partial charge on any atom is 0.128 e. The first-order valence-electron chi connectivity index (χ1n) is 8.04. The number of aryl methyl sites for hydroxylation is 1. The molecule has 0 unspecified atom stereocenters. The SMILES string of the molecule is Cc1cnc(NC2CCC(N)CC2)cc1N1CCOCC1. The predicted octanol–water partition coefficient (Wildman–Crippen LogP) is 1.91. The Morgan fingerprint density at radius 3 is 2.67 bits per heavy atom. The molecule has 2 aliphatic rings. The molecular formula is C16H26N4O. The minimum atomic E-state index is 0.387. The van der Waals surface area contributed by atoms with Crippen molar-refractivity contribution in [2.24, 2.45) is 5.73 Å². The number of rotatable bonds is 3. The molecule has 1 saturated carbocycles. The number of ether oxygens (including phenoxy) is 1. The molecule has 3 N–H and O–H groups in total. The van der Waals surface area contributed by atoms with Crippen molar-refractivity contribution in [2.75, 3.05) is 36.5 Å². The summed E-state index contributed by atoms with van der Waals surface area (Å²) in [6, 6.07) is 3.09. The summed E-state index contributed by atoms with van der Waals surface area (Å²) in [5.41, 5.74) is 8.48. The Hall–Kier alpha value is -1.33. The third-order valence-corrected chi connectivity index (χ3v) is 4.55. The number of nitrogens with two attached hydrogens (primary N) is 1. The molecule has 5 heteroatoms. The van der Waals surface area contributed by atoms with E-state index in [2.05, 4.69) is 28.2 Å². The summed E-state index contributed by atoms with van der Waals surface area (Å²) in [6.45, 7) is 5.67. The number of nitrogens with zero attached hydrogens (tertiary/aromatic N) is 2. The summed E-state index contributed by atoms with van der Waals surface area (Å²) in [4.78, 5) is 6.94. The van der Waals surface area contributed by atoms with Crippen molar-refractivity contribution >= 4 is 11.5 Å². The van der Waals surface area contributed by atoms with Gasteiger partial charge in [0.25, 0.3) is 0 Å². The highest BCUT2D eigenvalue weighted by Gasteiger charge is 2.19. The molecule has 116 valence electrons. The van der Waals surface area contributed by atoms with Crippen molar-refractivity contribution in [1.29, 1.82) is 0 Å². The molecule has 21 heavy (non-hydrogen) atoms. The van der Waals surface area contributed by atoms with E-state index in [4.69, 9.17) is 10.5 Å². The monoisotopic (exact) mass is 290 g/mol. The van der Waals surface area contributed by atoms with Gasteiger partial charge < -0.3 is 20.7 Å². The number of aromatic nitrogens is 1. The molecule has 2 heterocycles. The Morgan fingerprint density at radius 2 is 1.95 bits per heavy atom. The van der Waals surface area contributed by atoms with Crippen LogP contribution in [0.15, 0.2) is 12.3 Å². The van der Waals surface area contributed by atoms with Crippen LogP contribution < -0.4 is 16.0 Å². The Labute approximate surface area is 126 Å². The van der Waals surface area contributed by atoms with Crippen LogP contribution in [0.25, 0.3) is 0 Å². The van der Waals surface area contributed by atoms with Gasteiger partial charge in [-0.25, -0.2) is 4.98 Å². The van der Waals surface area contributed by atoms with Crippen molar-refractivity contribution in [3.8, 4) is 0 Å². The highest BCUT2D eigenvalue weighted by Crippen LogP contribution is 2.26. The lowest BCUT2D eigenvalue weighted by atomic mass is 9.92. The van der Waals surface area contributed by atoms with E-state index in [0.717, 1.165) is 57.8 Å². The van der Waals surface area contributed by atoms with E-state index in [9.17, 15) is 0 Å². The van der Waals surface area contributed by atoms with Crippen LogP contribution in [-0.4, -0.2) is 43.4 Å². The smallest absolute Gasteiger partial charge is 0.128 e. The van der Waals surface area contributed by atoms with E-state index in [1.807, 2.05) is 6.20 Å². The van der Waals surface area contributed by atoms with Gasteiger partial charge in [-0.3, -0.25) is 0 Å². The molecule has 0 aromatic carbocycles.